The quantitative estimate of drug-likeness (QED) is 0.521. The van der Waals surface area contributed by atoms with Gasteiger partial charge in [0.15, 0.2) is 0 Å². The molecule has 4 heteroatoms. The van der Waals surface area contributed by atoms with E-state index in [1.54, 1.807) is 6.08 Å². The average Bonchev–Trinajstić information content (AvgIpc) is 2.40. The molecule has 0 bridgehead atoms. The first-order valence-electron chi connectivity index (χ1n) is 5.37. The van der Waals surface area contributed by atoms with Crippen molar-refractivity contribution in [2.45, 2.75) is 0 Å². The molecule has 0 aliphatic carbocycles. The second-order valence-corrected chi connectivity index (χ2v) is 4.19. The lowest BCUT2D eigenvalue weighted by Gasteiger charge is -2.06. The second kappa shape index (κ2) is 6.14. The van der Waals surface area contributed by atoms with E-state index in [0.717, 1.165) is 11.1 Å². The molecule has 0 aliphatic rings. The number of hydrogen-bond donors (Lipinski definition) is 1. The largest absolute Gasteiger partial charge is 0.379 e. The van der Waals surface area contributed by atoms with E-state index in [1.165, 1.54) is 0 Å². The molecule has 2 rings (SSSR count). The Morgan fingerprint density at radius 2 is 1.56 bits per heavy atom. The van der Waals surface area contributed by atoms with E-state index >= 15 is 0 Å². The maximum atomic E-state index is 10.8. The lowest BCUT2D eigenvalue weighted by molar-refractivity contribution is 0.439. The van der Waals surface area contributed by atoms with Crippen LogP contribution in [-0.2, 0) is 15.5 Å². The smallest absolute Gasteiger partial charge is 0.357 e. The van der Waals surface area contributed by atoms with Gasteiger partial charge < -0.3 is 4.18 Å². The summed E-state index contributed by atoms with van der Waals surface area (Å²) >= 11 is -2.34. The number of hydrogen-bond acceptors (Lipinski definition) is 2. The van der Waals surface area contributed by atoms with Gasteiger partial charge in [0.25, 0.3) is 0 Å². The SMILES string of the molecule is O=S(O)OC(=Cc1ccccc1)c1ccccc1. The van der Waals surface area contributed by atoms with Gasteiger partial charge in [-0.15, -0.1) is 0 Å². The van der Waals surface area contributed by atoms with Crippen molar-refractivity contribution in [3.05, 3.63) is 71.8 Å². The topological polar surface area (TPSA) is 46.5 Å². The Bertz CT molecular complexity index is 550. The fourth-order valence-corrected chi connectivity index (χ4v) is 1.83. The van der Waals surface area contributed by atoms with Crippen LogP contribution in [0.4, 0.5) is 0 Å². The van der Waals surface area contributed by atoms with E-state index in [1.807, 2.05) is 60.7 Å². The van der Waals surface area contributed by atoms with Crippen molar-refractivity contribution in [3.63, 3.8) is 0 Å². The first-order chi connectivity index (χ1) is 8.75. The molecule has 0 amide bonds. The predicted molar refractivity (Wildman–Crippen MR) is 72.6 cm³/mol. The lowest BCUT2D eigenvalue weighted by atomic mass is 10.1. The Morgan fingerprint density at radius 3 is 2.11 bits per heavy atom. The van der Waals surface area contributed by atoms with Crippen molar-refractivity contribution in [2.24, 2.45) is 0 Å². The fourth-order valence-electron chi connectivity index (χ4n) is 1.54. The molecule has 0 fully saturated rings. The van der Waals surface area contributed by atoms with Gasteiger partial charge in [-0.3, -0.25) is 4.55 Å². The third-order valence-electron chi connectivity index (χ3n) is 2.32. The summed E-state index contributed by atoms with van der Waals surface area (Å²) in [7, 11) is 0. The van der Waals surface area contributed by atoms with Gasteiger partial charge in [0.2, 0.25) is 0 Å². The molecule has 18 heavy (non-hydrogen) atoms. The zero-order chi connectivity index (χ0) is 12.8. The Balaban J connectivity index is 2.37. The van der Waals surface area contributed by atoms with E-state index in [-0.39, 0.29) is 0 Å². The molecule has 0 saturated carbocycles. The molecule has 2 aromatic rings. The number of rotatable bonds is 4. The molecule has 0 heterocycles. The summed E-state index contributed by atoms with van der Waals surface area (Å²) in [6.45, 7) is 0. The van der Waals surface area contributed by atoms with E-state index in [9.17, 15) is 4.21 Å². The monoisotopic (exact) mass is 260 g/mol. The highest BCUT2D eigenvalue weighted by molar-refractivity contribution is 7.74. The van der Waals surface area contributed by atoms with Crippen molar-refractivity contribution in [3.8, 4) is 0 Å². The predicted octanol–water partition coefficient (Wildman–Crippen LogP) is 3.34. The zero-order valence-corrected chi connectivity index (χ0v) is 10.3. The molecule has 0 saturated heterocycles. The van der Waals surface area contributed by atoms with Gasteiger partial charge in [0, 0.05) is 5.56 Å². The van der Waals surface area contributed by atoms with E-state index in [0.29, 0.717) is 5.76 Å². The normalized spacial score (nSPS) is 13.1. The Morgan fingerprint density at radius 1 is 1.00 bits per heavy atom. The summed E-state index contributed by atoms with van der Waals surface area (Å²) in [4.78, 5) is 0. The maximum absolute atomic E-state index is 10.8. The van der Waals surface area contributed by atoms with Crippen molar-refractivity contribution >= 4 is 23.2 Å². The highest BCUT2D eigenvalue weighted by atomic mass is 32.2. The minimum atomic E-state index is -2.34. The summed E-state index contributed by atoms with van der Waals surface area (Å²) in [5.41, 5.74) is 1.66. The molecule has 3 nitrogen and oxygen atoms in total. The molecule has 2 aromatic carbocycles. The summed E-state index contributed by atoms with van der Waals surface area (Å²) in [6.07, 6.45) is 1.73. The van der Waals surface area contributed by atoms with Gasteiger partial charge in [-0.25, -0.2) is 0 Å². The van der Waals surface area contributed by atoms with Crippen LogP contribution >= 0.6 is 0 Å². The molecule has 0 radical (unpaired) electrons. The maximum Gasteiger partial charge on any atom is 0.357 e. The molecule has 1 N–H and O–H groups in total. The summed E-state index contributed by atoms with van der Waals surface area (Å²) < 4.78 is 24.6. The first-order valence-corrected chi connectivity index (χ1v) is 6.40. The zero-order valence-electron chi connectivity index (χ0n) is 9.52. The third-order valence-corrected chi connectivity index (χ3v) is 2.64. The van der Waals surface area contributed by atoms with Crippen LogP contribution in [0.2, 0.25) is 0 Å². The fraction of sp³-hybridized carbons (Fsp3) is 0. The molecule has 92 valence electrons. The molecule has 0 aliphatic heterocycles. The van der Waals surface area contributed by atoms with Crippen LogP contribution in [0.15, 0.2) is 60.7 Å². The Hall–Kier alpha value is -1.91. The van der Waals surface area contributed by atoms with Crippen LogP contribution in [0.1, 0.15) is 11.1 Å². The first kappa shape index (κ1) is 12.5. The minimum Gasteiger partial charge on any atom is -0.379 e. The van der Waals surface area contributed by atoms with Gasteiger partial charge in [0.1, 0.15) is 5.76 Å². The van der Waals surface area contributed by atoms with Crippen molar-refractivity contribution in [2.75, 3.05) is 0 Å². The molecule has 0 spiro atoms. The van der Waals surface area contributed by atoms with Crippen LogP contribution in [0, 0.1) is 0 Å². The minimum absolute atomic E-state index is 0.364. The Labute approximate surface area is 108 Å². The van der Waals surface area contributed by atoms with Crippen LogP contribution in [0.3, 0.4) is 0 Å². The molecular weight excluding hydrogens is 248 g/mol. The molecule has 0 aromatic heterocycles. The summed E-state index contributed by atoms with van der Waals surface area (Å²) in [5.74, 6) is 0.364. The molecule has 1 unspecified atom stereocenters. The van der Waals surface area contributed by atoms with Gasteiger partial charge in [0.05, 0.1) is 0 Å². The van der Waals surface area contributed by atoms with Gasteiger partial charge >= 0.3 is 11.4 Å². The summed E-state index contributed by atoms with van der Waals surface area (Å²) in [6, 6.07) is 18.7. The van der Waals surface area contributed by atoms with Gasteiger partial charge in [-0.1, -0.05) is 60.7 Å². The van der Waals surface area contributed by atoms with Crippen molar-refractivity contribution in [1.29, 1.82) is 0 Å². The van der Waals surface area contributed by atoms with Crippen molar-refractivity contribution < 1.29 is 12.9 Å². The second-order valence-electron chi connectivity index (χ2n) is 3.59. The van der Waals surface area contributed by atoms with Crippen LogP contribution < -0.4 is 0 Å². The van der Waals surface area contributed by atoms with E-state index in [2.05, 4.69) is 0 Å². The average molecular weight is 260 g/mol. The highest BCUT2D eigenvalue weighted by Crippen LogP contribution is 2.20. The van der Waals surface area contributed by atoms with Gasteiger partial charge in [-0.2, -0.15) is 4.21 Å². The summed E-state index contributed by atoms with van der Waals surface area (Å²) in [5, 5.41) is 0. The number of benzene rings is 2. The van der Waals surface area contributed by atoms with Gasteiger partial charge in [-0.05, 0) is 11.6 Å². The van der Waals surface area contributed by atoms with E-state index < -0.39 is 11.4 Å². The Kier molecular flexibility index (Phi) is 4.28. The van der Waals surface area contributed by atoms with Crippen LogP contribution in [-0.4, -0.2) is 8.76 Å². The standard InChI is InChI=1S/C14H12O3S/c15-18(16)17-14(13-9-5-2-6-10-13)11-12-7-3-1-4-8-12/h1-11H,(H,15,16). The third kappa shape index (κ3) is 3.55. The molecule has 1 atom stereocenters. The molecular formula is C14H12O3S. The van der Waals surface area contributed by atoms with Crippen molar-refractivity contribution in [1.82, 2.24) is 0 Å². The lowest BCUT2D eigenvalue weighted by Crippen LogP contribution is -1.95. The van der Waals surface area contributed by atoms with E-state index in [4.69, 9.17) is 8.74 Å². The van der Waals surface area contributed by atoms with Crippen LogP contribution in [0.25, 0.3) is 11.8 Å². The highest BCUT2D eigenvalue weighted by Gasteiger charge is 2.06. The van der Waals surface area contributed by atoms with Crippen LogP contribution in [0.5, 0.6) is 0 Å².